The van der Waals surface area contributed by atoms with Gasteiger partial charge in [0.05, 0.1) is 0 Å². The van der Waals surface area contributed by atoms with E-state index in [0.717, 1.165) is 12.1 Å². The zero-order chi connectivity index (χ0) is 18.6. The minimum Gasteiger partial charge on any atom is -0.367 e. The van der Waals surface area contributed by atoms with E-state index in [1.54, 1.807) is 0 Å². The van der Waals surface area contributed by atoms with Gasteiger partial charge in [-0.05, 0) is 0 Å². The van der Waals surface area contributed by atoms with Crippen molar-refractivity contribution in [2.45, 2.75) is 12.6 Å². The first-order valence-corrected chi connectivity index (χ1v) is 6.63. The lowest BCUT2D eigenvalue weighted by Crippen LogP contribution is -2.21. The summed E-state index contributed by atoms with van der Waals surface area (Å²) in [4.78, 5) is 26.5. The Bertz CT molecular complexity index is 755. The van der Waals surface area contributed by atoms with Gasteiger partial charge in [-0.15, -0.1) is 0 Å². The molecular formula is C14H9F5N2O4. The number of benzene rings is 1. The molecule has 11 heteroatoms. The number of carbonyl (C=O) groups is 2. The second-order valence-electron chi connectivity index (χ2n) is 4.66. The van der Waals surface area contributed by atoms with Crippen LogP contribution in [-0.4, -0.2) is 41.3 Å². The molecule has 134 valence electrons. The standard InChI is InChI=1S/C14H9F5N2O4/c15-10(16)6-24-5-9(22)11(23)7-1-3-8(4-2-7)12-20-13(25-21-12)14(17,18)19/h1-4,10H,5-6H2. The molecule has 1 heterocycles. The van der Waals surface area contributed by atoms with E-state index in [0.29, 0.717) is 0 Å². The minimum absolute atomic E-state index is 0.0889. The van der Waals surface area contributed by atoms with Crippen LogP contribution in [0.3, 0.4) is 0 Å². The van der Waals surface area contributed by atoms with Gasteiger partial charge in [0, 0.05) is 11.1 Å². The lowest BCUT2D eigenvalue weighted by atomic mass is 10.1. The second-order valence-corrected chi connectivity index (χ2v) is 4.66. The molecule has 0 aliphatic heterocycles. The number of ether oxygens (including phenoxy) is 1. The fourth-order valence-corrected chi connectivity index (χ4v) is 1.69. The third kappa shape index (κ3) is 4.89. The number of Topliss-reactive ketones (excluding diaryl/α,β-unsaturated/α-hetero) is 2. The third-order valence-electron chi connectivity index (χ3n) is 2.80. The van der Waals surface area contributed by atoms with Crippen molar-refractivity contribution in [2.75, 3.05) is 13.2 Å². The summed E-state index contributed by atoms with van der Waals surface area (Å²) in [6.07, 6.45) is -7.55. The van der Waals surface area contributed by atoms with E-state index in [2.05, 4.69) is 19.4 Å². The molecule has 1 aromatic heterocycles. The van der Waals surface area contributed by atoms with Gasteiger partial charge in [-0.1, -0.05) is 29.4 Å². The van der Waals surface area contributed by atoms with E-state index in [1.165, 1.54) is 12.1 Å². The van der Waals surface area contributed by atoms with Gasteiger partial charge in [0.15, 0.2) is 0 Å². The molecule has 0 amide bonds. The summed E-state index contributed by atoms with van der Waals surface area (Å²) in [7, 11) is 0. The molecule has 0 fully saturated rings. The number of carbonyl (C=O) groups excluding carboxylic acids is 2. The van der Waals surface area contributed by atoms with Crippen molar-refractivity contribution in [3.05, 3.63) is 35.7 Å². The van der Waals surface area contributed by atoms with Gasteiger partial charge in [0.2, 0.25) is 17.4 Å². The number of nitrogens with zero attached hydrogens (tertiary/aromatic N) is 2. The molecule has 0 bridgehead atoms. The van der Waals surface area contributed by atoms with Crippen molar-refractivity contribution in [1.82, 2.24) is 10.1 Å². The van der Waals surface area contributed by atoms with Gasteiger partial charge in [0.25, 0.3) is 6.43 Å². The predicted molar refractivity (Wildman–Crippen MR) is 70.9 cm³/mol. The molecule has 1 aromatic carbocycles. The summed E-state index contributed by atoms with van der Waals surface area (Å²) in [5, 5.41) is 3.17. The lowest BCUT2D eigenvalue weighted by Gasteiger charge is -2.03. The highest BCUT2D eigenvalue weighted by atomic mass is 19.4. The molecule has 0 aliphatic carbocycles. The Hall–Kier alpha value is -2.69. The van der Waals surface area contributed by atoms with E-state index in [9.17, 15) is 31.5 Å². The number of hydrogen-bond acceptors (Lipinski definition) is 6. The first-order valence-electron chi connectivity index (χ1n) is 6.63. The molecule has 6 nitrogen and oxygen atoms in total. The summed E-state index contributed by atoms with van der Waals surface area (Å²) in [5.41, 5.74) is 0.0335. The van der Waals surface area contributed by atoms with Gasteiger partial charge in [0.1, 0.15) is 13.2 Å². The Kier molecular flexibility index (Phi) is 5.57. The molecule has 0 unspecified atom stereocenters. The van der Waals surface area contributed by atoms with Crippen LogP contribution < -0.4 is 0 Å². The maximum atomic E-state index is 12.4. The summed E-state index contributed by atoms with van der Waals surface area (Å²) < 4.78 is 69.4. The van der Waals surface area contributed by atoms with Crippen LogP contribution in [0.4, 0.5) is 22.0 Å². The monoisotopic (exact) mass is 364 g/mol. The highest BCUT2D eigenvalue weighted by molar-refractivity contribution is 6.44. The Labute approximate surface area is 136 Å². The van der Waals surface area contributed by atoms with Crippen LogP contribution in [0.1, 0.15) is 16.2 Å². The van der Waals surface area contributed by atoms with Gasteiger partial charge >= 0.3 is 12.1 Å². The zero-order valence-electron chi connectivity index (χ0n) is 12.2. The molecule has 0 atom stereocenters. The van der Waals surface area contributed by atoms with Gasteiger partial charge in [-0.2, -0.15) is 18.2 Å². The number of rotatable bonds is 7. The Morgan fingerprint density at radius 2 is 1.80 bits per heavy atom. The van der Waals surface area contributed by atoms with E-state index in [-0.39, 0.29) is 17.0 Å². The Morgan fingerprint density at radius 3 is 2.32 bits per heavy atom. The molecule has 0 saturated heterocycles. The van der Waals surface area contributed by atoms with Crippen molar-refractivity contribution in [3.8, 4) is 11.4 Å². The number of aromatic nitrogens is 2. The van der Waals surface area contributed by atoms with Gasteiger partial charge < -0.3 is 9.26 Å². The Morgan fingerprint density at radius 1 is 1.16 bits per heavy atom. The first kappa shape index (κ1) is 18.6. The molecule has 0 N–H and O–H groups in total. The summed E-state index contributed by atoms with van der Waals surface area (Å²) in [5.74, 6) is -3.89. The normalized spacial score (nSPS) is 11.8. The first-order chi connectivity index (χ1) is 11.7. The third-order valence-corrected chi connectivity index (χ3v) is 2.80. The quantitative estimate of drug-likeness (QED) is 0.427. The van der Waals surface area contributed by atoms with Crippen LogP contribution >= 0.6 is 0 Å². The molecule has 25 heavy (non-hydrogen) atoms. The number of ketones is 2. The van der Waals surface area contributed by atoms with Crippen molar-refractivity contribution in [3.63, 3.8) is 0 Å². The maximum Gasteiger partial charge on any atom is 0.471 e. The molecule has 0 saturated carbocycles. The van der Waals surface area contributed by atoms with Crippen molar-refractivity contribution < 1.29 is 40.8 Å². The highest BCUT2D eigenvalue weighted by Gasteiger charge is 2.38. The molecule has 2 rings (SSSR count). The van der Waals surface area contributed by atoms with E-state index in [1.807, 2.05) is 0 Å². The molecule has 2 aromatic rings. The van der Waals surface area contributed by atoms with Crippen molar-refractivity contribution >= 4 is 11.6 Å². The van der Waals surface area contributed by atoms with E-state index in [4.69, 9.17) is 0 Å². The smallest absolute Gasteiger partial charge is 0.367 e. The molecular weight excluding hydrogens is 355 g/mol. The predicted octanol–water partition coefficient (Wildman–Crippen LogP) is 2.79. The maximum absolute atomic E-state index is 12.4. The summed E-state index contributed by atoms with van der Waals surface area (Å²) in [6.45, 7) is -1.78. The average Bonchev–Trinajstić information content (AvgIpc) is 3.04. The highest BCUT2D eigenvalue weighted by Crippen LogP contribution is 2.29. The van der Waals surface area contributed by atoms with Crippen LogP contribution in [0.2, 0.25) is 0 Å². The van der Waals surface area contributed by atoms with Crippen LogP contribution in [0.15, 0.2) is 28.8 Å². The van der Waals surface area contributed by atoms with Crippen LogP contribution in [-0.2, 0) is 15.7 Å². The fourth-order valence-electron chi connectivity index (χ4n) is 1.69. The van der Waals surface area contributed by atoms with Crippen LogP contribution in [0.25, 0.3) is 11.4 Å². The molecule has 0 aliphatic rings. The summed E-state index contributed by atoms with van der Waals surface area (Å²) in [6, 6.07) is 4.75. The van der Waals surface area contributed by atoms with Crippen LogP contribution in [0, 0.1) is 0 Å². The number of halogens is 5. The number of alkyl halides is 5. The van der Waals surface area contributed by atoms with E-state index >= 15 is 0 Å². The topological polar surface area (TPSA) is 82.3 Å². The average molecular weight is 364 g/mol. The molecule has 0 spiro atoms. The van der Waals surface area contributed by atoms with E-state index < -0.39 is 43.3 Å². The van der Waals surface area contributed by atoms with Gasteiger partial charge in [-0.25, -0.2) is 8.78 Å². The fraction of sp³-hybridized carbons (Fsp3) is 0.286. The second kappa shape index (κ2) is 7.47. The minimum atomic E-state index is -4.79. The summed E-state index contributed by atoms with van der Waals surface area (Å²) >= 11 is 0. The van der Waals surface area contributed by atoms with Gasteiger partial charge in [-0.3, -0.25) is 9.59 Å². The zero-order valence-corrected chi connectivity index (χ0v) is 12.2. The largest absolute Gasteiger partial charge is 0.471 e. The van der Waals surface area contributed by atoms with Crippen molar-refractivity contribution in [1.29, 1.82) is 0 Å². The van der Waals surface area contributed by atoms with Crippen LogP contribution in [0.5, 0.6) is 0 Å². The molecule has 0 radical (unpaired) electrons. The van der Waals surface area contributed by atoms with Crippen molar-refractivity contribution in [2.24, 2.45) is 0 Å². The number of hydrogen-bond donors (Lipinski definition) is 0. The Balaban J connectivity index is 2.05. The SMILES string of the molecule is O=C(COCC(F)F)C(=O)c1ccc(-c2noc(C(F)(F)F)n2)cc1. The lowest BCUT2D eigenvalue weighted by molar-refractivity contribution is -0.159.